The van der Waals surface area contributed by atoms with E-state index in [1.807, 2.05) is 62.4 Å². The number of benzene rings is 3. The van der Waals surface area contributed by atoms with Crippen LogP contribution in [0.4, 0.5) is 13.2 Å². The summed E-state index contributed by atoms with van der Waals surface area (Å²) in [6, 6.07) is 21.3. The van der Waals surface area contributed by atoms with Crippen LogP contribution in [0.1, 0.15) is 22.3 Å². The average molecular weight is 452 g/mol. The Labute approximate surface area is 188 Å². The summed E-state index contributed by atoms with van der Waals surface area (Å²) < 4.78 is 39.0. The first-order valence-electron chi connectivity index (χ1n) is 9.97. The third-order valence-corrected chi connectivity index (χ3v) is 5.85. The molecule has 0 N–H and O–H groups in total. The lowest BCUT2D eigenvalue weighted by Gasteiger charge is -2.11. The van der Waals surface area contributed by atoms with Gasteiger partial charge in [0, 0.05) is 16.9 Å². The molecule has 32 heavy (non-hydrogen) atoms. The number of aromatic nitrogens is 3. The van der Waals surface area contributed by atoms with Crippen LogP contribution in [-0.4, -0.2) is 15.2 Å². The minimum atomic E-state index is -4.37. The molecule has 162 valence electrons. The van der Waals surface area contributed by atoms with Crippen LogP contribution in [0.25, 0.3) is 22.5 Å². The Hall–Kier alpha value is -3.19. The molecule has 0 aliphatic rings. The first kappa shape index (κ1) is 22.0. The van der Waals surface area contributed by atoms with E-state index in [4.69, 9.17) is 4.98 Å². The molecular weight excluding hydrogens is 431 g/mol. The van der Waals surface area contributed by atoms with Crippen molar-refractivity contribution in [2.45, 2.75) is 30.9 Å². The van der Waals surface area contributed by atoms with E-state index < -0.39 is 11.7 Å². The molecule has 0 bridgehead atoms. The summed E-state index contributed by atoms with van der Waals surface area (Å²) in [6.07, 6.45) is -4.37. The van der Waals surface area contributed by atoms with Gasteiger partial charge in [0.2, 0.25) is 5.16 Å². The smallest absolute Gasteiger partial charge is 0.219 e. The molecule has 3 aromatic carbocycles. The molecule has 0 spiro atoms. The Bertz CT molecular complexity index is 1220. The summed E-state index contributed by atoms with van der Waals surface area (Å²) in [5.41, 5.74) is 5.32. The first-order chi connectivity index (χ1) is 15.3. The molecule has 7 heteroatoms. The maximum absolute atomic E-state index is 13.0. The van der Waals surface area contributed by atoms with Crippen LogP contribution in [0.3, 0.4) is 0 Å². The Morgan fingerprint density at radius 2 is 1.34 bits per heavy atom. The highest BCUT2D eigenvalue weighted by Gasteiger charge is 2.30. The monoisotopic (exact) mass is 451 g/mol. The Morgan fingerprint density at radius 1 is 0.750 bits per heavy atom. The molecular formula is C25H20F3N3S. The molecule has 3 nitrogen and oxygen atoms in total. The summed E-state index contributed by atoms with van der Waals surface area (Å²) >= 11 is 1.26. The number of aryl methyl sites for hydroxylation is 2. The first-order valence-corrected chi connectivity index (χ1v) is 11.0. The molecule has 0 aliphatic carbocycles. The maximum atomic E-state index is 13.0. The summed E-state index contributed by atoms with van der Waals surface area (Å²) in [5, 5.41) is 9.09. The van der Waals surface area contributed by atoms with E-state index in [-0.39, 0.29) is 0 Å². The number of halogens is 3. The van der Waals surface area contributed by atoms with E-state index in [1.54, 1.807) is 6.07 Å². The molecule has 0 atom stereocenters. The van der Waals surface area contributed by atoms with Crippen molar-refractivity contribution >= 4 is 11.8 Å². The Kier molecular flexibility index (Phi) is 6.28. The standard InChI is InChI=1S/C25H20F3N3S/c1-16-6-10-19(11-7-16)22-23(20-12-8-17(2)9-13-20)30-31-24(29-22)32-15-18-4-3-5-21(14-18)25(26,27)28/h3-14H,15H2,1-2H3. The summed E-state index contributed by atoms with van der Waals surface area (Å²) in [5.74, 6) is 0.308. The van der Waals surface area contributed by atoms with Gasteiger partial charge in [-0.05, 0) is 25.5 Å². The second-order valence-electron chi connectivity index (χ2n) is 7.51. The molecule has 0 saturated heterocycles. The molecule has 4 aromatic rings. The van der Waals surface area contributed by atoms with Gasteiger partial charge in [0.25, 0.3) is 0 Å². The highest BCUT2D eigenvalue weighted by molar-refractivity contribution is 7.98. The summed E-state index contributed by atoms with van der Waals surface area (Å²) in [6.45, 7) is 4.03. The minimum absolute atomic E-state index is 0.308. The lowest BCUT2D eigenvalue weighted by Crippen LogP contribution is -2.05. The lowest BCUT2D eigenvalue weighted by atomic mass is 10.0. The fourth-order valence-corrected chi connectivity index (χ4v) is 3.91. The molecule has 0 radical (unpaired) electrons. The highest BCUT2D eigenvalue weighted by atomic mass is 32.2. The molecule has 0 unspecified atom stereocenters. The van der Waals surface area contributed by atoms with Crippen molar-refractivity contribution in [1.82, 2.24) is 15.2 Å². The predicted octanol–water partition coefficient (Wildman–Crippen LogP) is 7.13. The number of hydrogen-bond donors (Lipinski definition) is 0. The van der Waals surface area contributed by atoms with Gasteiger partial charge < -0.3 is 0 Å². The summed E-state index contributed by atoms with van der Waals surface area (Å²) in [4.78, 5) is 4.72. The number of alkyl halides is 3. The topological polar surface area (TPSA) is 38.7 Å². The molecule has 0 fully saturated rings. The van der Waals surface area contributed by atoms with E-state index in [0.717, 1.165) is 34.4 Å². The Morgan fingerprint density at radius 3 is 1.94 bits per heavy atom. The van der Waals surface area contributed by atoms with E-state index in [0.29, 0.717) is 27.9 Å². The van der Waals surface area contributed by atoms with E-state index in [1.165, 1.54) is 17.8 Å². The van der Waals surface area contributed by atoms with Gasteiger partial charge in [-0.3, -0.25) is 0 Å². The normalized spacial score (nSPS) is 11.5. The van der Waals surface area contributed by atoms with Gasteiger partial charge in [-0.2, -0.15) is 13.2 Å². The average Bonchev–Trinajstić information content (AvgIpc) is 2.78. The highest BCUT2D eigenvalue weighted by Crippen LogP contribution is 2.33. The zero-order valence-electron chi connectivity index (χ0n) is 17.5. The second kappa shape index (κ2) is 9.12. The van der Waals surface area contributed by atoms with Gasteiger partial charge in [0.05, 0.1) is 5.56 Å². The van der Waals surface area contributed by atoms with Crippen molar-refractivity contribution in [2.75, 3.05) is 0 Å². The molecule has 0 amide bonds. The summed E-state index contributed by atoms with van der Waals surface area (Å²) in [7, 11) is 0. The van der Waals surface area contributed by atoms with Gasteiger partial charge >= 0.3 is 6.18 Å². The minimum Gasteiger partial charge on any atom is -0.219 e. The van der Waals surface area contributed by atoms with Crippen molar-refractivity contribution in [3.05, 3.63) is 95.1 Å². The van der Waals surface area contributed by atoms with Crippen LogP contribution in [-0.2, 0) is 11.9 Å². The van der Waals surface area contributed by atoms with E-state index >= 15 is 0 Å². The van der Waals surface area contributed by atoms with Crippen molar-refractivity contribution in [1.29, 1.82) is 0 Å². The molecule has 1 aromatic heterocycles. The maximum Gasteiger partial charge on any atom is 0.416 e. The van der Waals surface area contributed by atoms with Gasteiger partial charge in [0.1, 0.15) is 11.4 Å². The third kappa shape index (κ3) is 5.16. The van der Waals surface area contributed by atoms with Crippen LogP contribution in [0.15, 0.2) is 78.0 Å². The molecule has 1 heterocycles. The van der Waals surface area contributed by atoms with Gasteiger partial charge in [0.15, 0.2) is 0 Å². The fourth-order valence-electron chi connectivity index (χ4n) is 3.18. The number of rotatable bonds is 5. The van der Waals surface area contributed by atoms with Gasteiger partial charge in [-0.1, -0.05) is 89.6 Å². The molecule has 4 rings (SSSR count). The van der Waals surface area contributed by atoms with E-state index in [2.05, 4.69) is 10.2 Å². The molecule has 0 aliphatic heterocycles. The van der Waals surface area contributed by atoms with Gasteiger partial charge in [-0.25, -0.2) is 4.98 Å². The largest absolute Gasteiger partial charge is 0.416 e. The van der Waals surface area contributed by atoms with Crippen LogP contribution in [0, 0.1) is 13.8 Å². The third-order valence-electron chi connectivity index (χ3n) is 4.94. The van der Waals surface area contributed by atoms with Crippen molar-refractivity contribution in [3.8, 4) is 22.5 Å². The van der Waals surface area contributed by atoms with E-state index in [9.17, 15) is 13.2 Å². The predicted molar refractivity (Wildman–Crippen MR) is 121 cm³/mol. The van der Waals surface area contributed by atoms with Gasteiger partial charge in [-0.15, -0.1) is 10.2 Å². The van der Waals surface area contributed by atoms with Crippen LogP contribution in [0.5, 0.6) is 0 Å². The van der Waals surface area contributed by atoms with Crippen LogP contribution >= 0.6 is 11.8 Å². The zero-order chi connectivity index (χ0) is 22.7. The fraction of sp³-hybridized carbons (Fsp3) is 0.160. The number of nitrogens with zero attached hydrogens (tertiary/aromatic N) is 3. The van der Waals surface area contributed by atoms with Crippen molar-refractivity contribution in [2.24, 2.45) is 0 Å². The van der Waals surface area contributed by atoms with Crippen LogP contribution < -0.4 is 0 Å². The quantitative estimate of drug-likeness (QED) is 0.303. The number of hydrogen-bond acceptors (Lipinski definition) is 4. The molecule has 0 saturated carbocycles. The van der Waals surface area contributed by atoms with Crippen molar-refractivity contribution in [3.63, 3.8) is 0 Å². The SMILES string of the molecule is Cc1ccc(-c2nnc(SCc3cccc(C(F)(F)F)c3)nc2-c2ccc(C)cc2)cc1. The lowest BCUT2D eigenvalue weighted by molar-refractivity contribution is -0.137. The van der Waals surface area contributed by atoms with Crippen molar-refractivity contribution < 1.29 is 13.2 Å². The van der Waals surface area contributed by atoms with Crippen LogP contribution in [0.2, 0.25) is 0 Å². The second-order valence-corrected chi connectivity index (χ2v) is 8.45. The zero-order valence-corrected chi connectivity index (χ0v) is 18.3. The Balaban J connectivity index is 1.66. The number of thioether (sulfide) groups is 1.